The molecule has 0 aliphatic rings. The summed E-state index contributed by atoms with van der Waals surface area (Å²) in [6, 6.07) is 10.5. The third-order valence-electron chi connectivity index (χ3n) is 2.81. The molecular weight excluding hydrogens is 186 g/mol. The molecule has 2 heteroatoms. The molecule has 0 heterocycles. The van der Waals surface area contributed by atoms with Gasteiger partial charge >= 0.3 is 0 Å². The van der Waals surface area contributed by atoms with Gasteiger partial charge in [0.2, 0.25) is 0 Å². The van der Waals surface area contributed by atoms with Crippen molar-refractivity contribution in [1.82, 2.24) is 4.90 Å². The van der Waals surface area contributed by atoms with Gasteiger partial charge in [-0.05, 0) is 32.5 Å². The molecule has 84 valence electrons. The Bertz CT molecular complexity index is 271. The zero-order valence-corrected chi connectivity index (χ0v) is 9.85. The van der Waals surface area contributed by atoms with E-state index in [4.69, 9.17) is 0 Å². The first-order valence-electron chi connectivity index (χ1n) is 5.53. The zero-order valence-electron chi connectivity index (χ0n) is 9.85. The second kappa shape index (κ2) is 5.89. The fraction of sp³-hybridized carbons (Fsp3) is 0.538. The average molecular weight is 207 g/mol. The highest BCUT2D eigenvalue weighted by Gasteiger charge is 2.19. The minimum Gasteiger partial charge on any atom is -0.391 e. The van der Waals surface area contributed by atoms with Gasteiger partial charge in [0.1, 0.15) is 0 Å². The first-order valence-corrected chi connectivity index (χ1v) is 5.53. The minimum atomic E-state index is -0.250. The summed E-state index contributed by atoms with van der Waals surface area (Å²) in [5.41, 5.74) is 1.28. The predicted molar refractivity (Wildman–Crippen MR) is 63.9 cm³/mol. The van der Waals surface area contributed by atoms with Gasteiger partial charge in [-0.3, -0.25) is 0 Å². The fourth-order valence-corrected chi connectivity index (χ4v) is 1.79. The van der Waals surface area contributed by atoms with Crippen LogP contribution in [0.4, 0.5) is 0 Å². The first-order chi connectivity index (χ1) is 7.15. The highest BCUT2D eigenvalue weighted by Crippen LogP contribution is 2.12. The van der Waals surface area contributed by atoms with Crippen molar-refractivity contribution in [2.24, 2.45) is 0 Å². The number of hydrogen-bond acceptors (Lipinski definition) is 2. The van der Waals surface area contributed by atoms with Crippen LogP contribution in [-0.2, 0) is 6.42 Å². The van der Waals surface area contributed by atoms with Crippen LogP contribution in [-0.4, -0.2) is 36.2 Å². The quantitative estimate of drug-likeness (QED) is 0.797. The maximum atomic E-state index is 9.91. The molecule has 0 aromatic heterocycles. The molecule has 0 aliphatic heterocycles. The van der Waals surface area contributed by atoms with Gasteiger partial charge in [0.25, 0.3) is 0 Å². The van der Waals surface area contributed by atoms with Crippen LogP contribution >= 0.6 is 0 Å². The third-order valence-corrected chi connectivity index (χ3v) is 2.81. The summed E-state index contributed by atoms with van der Waals surface area (Å²) in [4.78, 5) is 2.10. The van der Waals surface area contributed by atoms with Crippen molar-refractivity contribution in [1.29, 1.82) is 0 Å². The topological polar surface area (TPSA) is 23.5 Å². The lowest BCUT2D eigenvalue weighted by Gasteiger charge is -2.28. The van der Waals surface area contributed by atoms with Crippen LogP contribution in [0.2, 0.25) is 0 Å². The molecular formula is C13H21NO. The van der Waals surface area contributed by atoms with Crippen LogP contribution in [0.15, 0.2) is 30.3 Å². The van der Waals surface area contributed by atoms with Gasteiger partial charge in [-0.25, -0.2) is 0 Å². The molecule has 2 nitrogen and oxygen atoms in total. The summed E-state index contributed by atoms with van der Waals surface area (Å²) in [6.07, 6.45) is 1.46. The molecule has 2 atom stereocenters. The summed E-state index contributed by atoms with van der Waals surface area (Å²) >= 11 is 0. The summed E-state index contributed by atoms with van der Waals surface area (Å²) in [5.74, 6) is 0. The molecule has 15 heavy (non-hydrogen) atoms. The molecule has 0 fully saturated rings. The smallest absolute Gasteiger partial charge is 0.0695 e. The Balaban J connectivity index is 2.67. The number of rotatable bonds is 5. The van der Waals surface area contributed by atoms with Crippen molar-refractivity contribution in [3.05, 3.63) is 35.9 Å². The first kappa shape index (κ1) is 12.2. The summed E-state index contributed by atoms with van der Waals surface area (Å²) < 4.78 is 0. The van der Waals surface area contributed by atoms with E-state index in [1.54, 1.807) is 0 Å². The Hall–Kier alpha value is -0.860. The second-order valence-corrected chi connectivity index (χ2v) is 4.20. The van der Waals surface area contributed by atoms with E-state index in [2.05, 4.69) is 17.0 Å². The predicted octanol–water partition coefficient (Wildman–Crippen LogP) is 1.93. The van der Waals surface area contributed by atoms with Gasteiger partial charge in [0, 0.05) is 6.04 Å². The number of likely N-dealkylation sites (N-methyl/N-ethyl adjacent to an activating group) is 1. The highest BCUT2D eigenvalue weighted by atomic mass is 16.3. The van der Waals surface area contributed by atoms with Crippen molar-refractivity contribution >= 4 is 0 Å². The third kappa shape index (κ3) is 3.65. The molecule has 1 N–H and O–H groups in total. The van der Waals surface area contributed by atoms with Crippen LogP contribution in [0.1, 0.15) is 18.9 Å². The Kier molecular flexibility index (Phi) is 4.79. The fourth-order valence-electron chi connectivity index (χ4n) is 1.79. The molecule has 1 aromatic carbocycles. The lowest BCUT2D eigenvalue weighted by Crippen LogP contribution is -2.40. The van der Waals surface area contributed by atoms with Gasteiger partial charge < -0.3 is 10.0 Å². The van der Waals surface area contributed by atoms with Crippen molar-refractivity contribution < 1.29 is 5.11 Å². The normalized spacial score (nSPS) is 15.3. The maximum absolute atomic E-state index is 9.91. The van der Waals surface area contributed by atoms with E-state index in [1.165, 1.54) is 5.56 Å². The van der Waals surface area contributed by atoms with Crippen molar-refractivity contribution in [2.45, 2.75) is 31.9 Å². The van der Waals surface area contributed by atoms with Gasteiger partial charge in [0.15, 0.2) is 0 Å². The Morgan fingerprint density at radius 3 is 2.27 bits per heavy atom. The van der Waals surface area contributed by atoms with E-state index in [-0.39, 0.29) is 12.1 Å². The molecule has 0 spiro atoms. The Morgan fingerprint density at radius 1 is 1.20 bits per heavy atom. The molecule has 1 rings (SSSR count). The molecule has 0 saturated heterocycles. The standard InChI is InChI=1S/C13H21NO/c1-4-13(15)12(14(2)3)10-11-8-6-5-7-9-11/h5-9,12-13,15H,4,10H2,1-3H3/t12-,13+/m0/s1. The average Bonchev–Trinajstić information content (AvgIpc) is 2.26. The number of hydrogen-bond donors (Lipinski definition) is 1. The number of aliphatic hydroxyl groups is 1. The number of nitrogens with zero attached hydrogens (tertiary/aromatic N) is 1. The second-order valence-electron chi connectivity index (χ2n) is 4.20. The van der Waals surface area contributed by atoms with Crippen molar-refractivity contribution in [2.75, 3.05) is 14.1 Å². The molecule has 0 radical (unpaired) electrons. The van der Waals surface area contributed by atoms with Crippen LogP contribution in [0.3, 0.4) is 0 Å². The van der Waals surface area contributed by atoms with Crippen LogP contribution in [0.5, 0.6) is 0 Å². The Morgan fingerprint density at radius 2 is 1.80 bits per heavy atom. The SMILES string of the molecule is CC[C@@H](O)[C@H](Cc1ccccc1)N(C)C. The van der Waals surface area contributed by atoms with E-state index in [1.807, 2.05) is 39.2 Å². The van der Waals surface area contributed by atoms with E-state index in [0.717, 1.165) is 12.8 Å². The summed E-state index contributed by atoms with van der Waals surface area (Å²) in [7, 11) is 4.04. The van der Waals surface area contributed by atoms with E-state index in [0.29, 0.717) is 0 Å². The molecule has 0 amide bonds. The molecule has 0 saturated carbocycles. The van der Waals surface area contributed by atoms with Gasteiger partial charge in [-0.15, -0.1) is 0 Å². The number of aliphatic hydroxyl groups excluding tert-OH is 1. The van der Waals surface area contributed by atoms with Gasteiger partial charge in [0.05, 0.1) is 6.10 Å². The lowest BCUT2D eigenvalue weighted by molar-refractivity contribution is 0.0730. The minimum absolute atomic E-state index is 0.206. The van der Waals surface area contributed by atoms with Crippen LogP contribution in [0.25, 0.3) is 0 Å². The zero-order chi connectivity index (χ0) is 11.3. The highest BCUT2D eigenvalue weighted by molar-refractivity contribution is 5.16. The monoisotopic (exact) mass is 207 g/mol. The largest absolute Gasteiger partial charge is 0.391 e. The number of benzene rings is 1. The molecule has 0 bridgehead atoms. The van der Waals surface area contributed by atoms with Crippen LogP contribution in [0, 0.1) is 0 Å². The van der Waals surface area contributed by atoms with Gasteiger partial charge in [-0.1, -0.05) is 37.3 Å². The maximum Gasteiger partial charge on any atom is 0.0695 e. The van der Waals surface area contributed by atoms with E-state index in [9.17, 15) is 5.11 Å². The molecule has 0 unspecified atom stereocenters. The Labute approximate surface area is 92.5 Å². The van der Waals surface area contributed by atoms with Gasteiger partial charge in [-0.2, -0.15) is 0 Å². The van der Waals surface area contributed by atoms with E-state index < -0.39 is 0 Å². The van der Waals surface area contributed by atoms with Crippen molar-refractivity contribution in [3.8, 4) is 0 Å². The summed E-state index contributed by atoms with van der Waals surface area (Å²) in [5, 5.41) is 9.91. The lowest BCUT2D eigenvalue weighted by atomic mass is 9.99. The molecule has 0 aliphatic carbocycles. The van der Waals surface area contributed by atoms with E-state index >= 15 is 0 Å². The van der Waals surface area contributed by atoms with Crippen molar-refractivity contribution in [3.63, 3.8) is 0 Å². The van der Waals surface area contributed by atoms with Crippen LogP contribution < -0.4 is 0 Å². The molecule has 1 aromatic rings. The summed E-state index contributed by atoms with van der Waals surface area (Å²) in [6.45, 7) is 2.02.